The van der Waals surface area contributed by atoms with Crippen LogP contribution in [0.4, 0.5) is 0 Å². The zero-order valence-corrected chi connectivity index (χ0v) is 8.13. The van der Waals surface area contributed by atoms with E-state index in [0.717, 1.165) is 0 Å². The molecule has 1 unspecified atom stereocenters. The van der Waals surface area contributed by atoms with Crippen molar-refractivity contribution in [2.75, 3.05) is 0 Å². The number of carbonyl (C=O) groups is 2. The van der Waals surface area contributed by atoms with Crippen LogP contribution in [0.3, 0.4) is 0 Å². The fourth-order valence-electron chi connectivity index (χ4n) is 0.662. The molecule has 13 heavy (non-hydrogen) atoms. The third-order valence-electron chi connectivity index (χ3n) is 1.30. The Bertz CT molecular complexity index is 230. The summed E-state index contributed by atoms with van der Waals surface area (Å²) >= 11 is 5.07. The number of esters is 1. The summed E-state index contributed by atoms with van der Waals surface area (Å²) in [7, 11) is 0. The highest BCUT2D eigenvalue weighted by Crippen LogP contribution is 2.02. The maximum atomic E-state index is 10.9. The lowest BCUT2D eigenvalue weighted by molar-refractivity contribution is -0.145. The number of terminal acetylenes is 1. The van der Waals surface area contributed by atoms with Crippen LogP contribution in [0.1, 0.15) is 26.2 Å². The van der Waals surface area contributed by atoms with E-state index >= 15 is 0 Å². The van der Waals surface area contributed by atoms with Crippen LogP contribution < -0.4 is 0 Å². The van der Waals surface area contributed by atoms with E-state index in [1.54, 1.807) is 6.92 Å². The summed E-state index contributed by atoms with van der Waals surface area (Å²) in [6.07, 6.45) is 5.23. The van der Waals surface area contributed by atoms with E-state index in [1.807, 2.05) is 0 Å². The lowest BCUT2D eigenvalue weighted by Crippen LogP contribution is -2.12. The molecule has 0 aliphatic carbocycles. The van der Waals surface area contributed by atoms with E-state index in [1.165, 1.54) is 0 Å². The maximum Gasteiger partial charge on any atom is 0.307 e. The van der Waals surface area contributed by atoms with E-state index in [4.69, 9.17) is 22.8 Å². The Kier molecular flexibility index (Phi) is 5.99. The van der Waals surface area contributed by atoms with Gasteiger partial charge < -0.3 is 4.74 Å². The second-order valence-electron chi connectivity index (χ2n) is 2.51. The summed E-state index contributed by atoms with van der Waals surface area (Å²) in [5.41, 5.74) is 0. The Morgan fingerprint density at radius 1 is 1.54 bits per heavy atom. The molecular weight excluding hydrogens is 192 g/mol. The van der Waals surface area contributed by atoms with Gasteiger partial charge in [0.05, 0.1) is 0 Å². The number of hydrogen-bond donors (Lipinski definition) is 0. The van der Waals surface area contributed by atoms with Gasteiger partial charge in [-0.1, -0.05) is 5.92 Å². The van der Waals surface area contributed by atoms with Gasteiger partial charge in [-0.25, -0.2) is 0 Å². The van der Waals surface area contributed by atoms with Crippen molar-refractivity contribution >= 4 is 22.8 Å². The molecule has 0 saturated carbocycles. The number of carbonyl (C=O) groups excluding carboxylic acids is 2. The highest BCUT2D eigenvalue weighted by atomic mass is 35.5. The van der Waals surface area contributed by atoms with Crippen LogP contribution in [0.25, 0.3) is 0 Å². The second-order valence-corrected chi connectivity index (χ2v) is 2.93. The number of ether oxygens (including phenoxy) is 1. The predicted octanol–water partition coefficient (Wildman–Crippen LogP) is 1.49. The zero-order valence-electron chi connectivity index (χ0n) is 7.38. The summed E-state index contributed by atoms with van der Waals surface area (Å²) in [6, 6.07) is 0. The van der Waals surface area contributed by atoms with Gasteiger partial charge in [-0.2, -0.15) is 0 Å². The van der Waals surface area contributed by atoms with Crippen LogP contribution in [0, 0.1) is 12.3 Å². The molecule has 0 rings (SSSR count). The van der Waals surface area contributed by atoms with Crippen molar-refractivity contribution in [2.24, 2.45) is 0 Å². The minimum Gasteiger partial charge on any atom is -0.449 e. The Hall–Kier alpha value is -1.01. The van der Waals surface area contributed by atoms with E-state index < -0.39 is 17.3 Å². The summed E-state index contributed by atoms with van der Waals surface area (Å²) in [4.78, 5) is 21.2. The summed E-state index contributed by atoms with van der Waals surface area (Å²) < 4.78 is 4.75. The van der Waals surface area contributed by atoms with E-state index in [0.29, 0.717) is 6.42 Å². The molecule has 0 aromatic heterocycles. The zero-order chi connectivity index (χ0) is 10.3. The molecule has 0 fully saturated rings. The first kappa shape index (κ1) is 12.0. The van der Waals surface area contributed by atoms with Gasteiger partial charge in [0.15, 0.2) is 6.10 Å². The summed E-state index contributed by atoms with van der Waals surface area (Å²) in [5, 5.41) is -0.446. The first-order valence-corrected chi connectivity index (χ1v) is 4.28. The molecule has 0 heterocycles. The molecule has 0 radical (unpaired) electrons. The number of rotatable bonds is 5. The molecule has 4 heteroatoms. The monoisotopic (exact) mass is 202 g/mol. The van der Waals surface area contributed by atoms with Crippen LogP contribution in [0.5, 0.6) is 0 Å². The second kappa shape index (κ2) is 6.50. The van der Waals surface area contributed by atoms with Gasteiger partial charge in [-0.3, -0.25) is 9.59 Å². The van der Waals surface area contributed by atoms with Gasteiger partial charge in [0, 0.05) is 12.8 Å². The first-order chi connectivity index (χ1) is 6.06. The summed E-state index contributed by atoms with van der Waals surface area (Å²) in [6.45, 7) is 1.60. The van der Waals surface area contributed by atoms with Crippen LogP contribution in [-0.4, -0.2) is 17.3 Å². The molecule has 0 aliphatic rings. The maximum absolute atomic E-state index is 10.9. The van der Waals surface area contributed by atoms with E-state index in [2.05, 4.69) is 5.92 Å². The highest BCUT2D eigenvalue weighted by molar-refractivity contribution is 6.63. The fraction of sp³-hybridized carbons (Fsp3) is 0.556. The molecule has 0 aliphatic heterocycles. The summed E-state index contributed by atoms with van der Waals surface area (Å²) in [5.74, 6) is 1.86. The van der Waals surface area contributed by atoms with Crippen molar-refractivity contribution < 1.29 is 14.3 Å². The topological polar surface area (TPSA) is 43.4 Å². The molecule has 0 aromatic carbocycles. The third-order valence-corrected chi connectivity index (χ3v) is 1.49. The molecular formula is C9H11ClO3. The Morgan fingerprint density at radius 3 is 2.62 bits per heavy atom. The molecule has 72 valence electrons. The SMILES string of the molecule is C#CC(C)OC(=O)CCCC(=O)Cl. The van der Waals surface area contributed by atoms with Gasteiger partial charge >= 0.3 is 5.97 Å². The Balaban J connectivity index is 3.53. The predicted molar refractivity (Wildman–Crippen MR) is 49.1 cm³/mol. The lowest BCUT2D eigenvalue weighted by atomic mass is 10.2. The minimum absolute atomic E-state index is 0.171. The van der Waals surface area contributed by atoms with Crippen molar-refractivity contribution in [3.8, 4) is 12.3 Å². The van der Waals surface area contributed by atoms with E-state index in [-0.39, 0.29) is 12.8 Å². The standard InChI is InChI=1S/C9H11ClO3/c1-3-7(2)13-9(12)6-4-5-8(10)11/h1,7H,4-6H2,2H3. The van der Waals surface area contributed by atoms with Crippen LogP contribution >= 0.6 is 11.6 Å². The Morgan fingerprint density at radius 2 is 2.15 bits per heavy atom. The smallest absolute Gasteiger partial charge is 0.307 e. The number of halogens is 1. The van der Waals surface area contributed by atoms with Gasteiger partial charge in [-0.15, -0.1) is 6.42 Å². The van der Waals surface area contributed by atoms with Crippen molar-refractivity contribution in [3.63, 3.8) is 0 Å². The molecule has 0 bridgehead atoms. The Labute approximate surface area is 82.4 Å². The first-order valence-electron chi connectivity index (χ1n) is 3.90. The molecule has 3 nitrogen and oxygen atoms in total. The fourth-order valence-corrected chi connectivity index (χ4v) is 0.795. The van der Waals surface area contributed by atoms with Crippen molar-refractivity contribution in [3.05, 3.63) is 0 Å². The highest BCUT2D eigenvalue weighted by Gasteiger charge is 2.07. The molecule has 0 N–H and O–H groups in total. The van der Waals surface area contributed by atoms with Gasteiger partial charge in [0.2, 0.25) is 5.24 Å². The van der Waals surface area contributed by atoms with Crippen LogP contribution in [0.2, 0.25) is 0 Å². The normalized spacial score (nSPS) is 11.5. The molecule has 1 atom stereocenters. The van der Waals surface area contributed by atoms with Gasteiger partial charge in [0.25, 0.3) is 0 Å². The average molecular weight is 203 g/mol. The lowest BCUT2D eigenvalue weighted by Gasteiger charge is -2.05. The molecule has 0 saturated heterocycles. The average Bonchev–Trinajstić information content (AvgIpc) is 2.03. The van der Waals surface area contributed by atoms with Crippen LogP contribution in [-0.2, 0) is 14.3 Å². The molecule has 0 spiro atoms. The van der Waals surface area contributed by atoms with Crippen molar-refractivity contribution in [1.29, 1.82) is 0 Å². The number of hydrogen-bond acceptors (Lipinski definition) is 3. The van der Waals surface area contributed by atoms with Crippen molar-refractivity contribution in [2.45, 2.75) is 32.3 Å². The van der Waals surface area contributed by atoms with Crippen LogP contribution in [0.15, 0.2) is 0 Å². The molecule has 0 aromatic rings. The molecule has 0 amide bonds. The quantitative estimate of drug-likeness (QED) is 0.385. The minimum atomic E-state index is -0.515. The van der Waals surface area contributed by atoms with Gasteiger partial charge in [-0.05, 0) is 24.9 Å². The third kappa shape index (κ3) is 7.35. The van der Waals surface area contributed by atoms with Gasteiger partial charge in [0.1, 0.15) is 0 Å². The van der Waals surface area contributed by atoms with Crippen molar-refractivity contribution in [1.82, 2.24) is 0 Å². The van der Waals surface area contributed by atoms with E-state index in [9.17, 15) is 9.59 Å². The largest absolute Gasteiger partial charge is 0.449 e.